The normalized spacial score (nSPS) is 10.6. The van der Waals surface area contributed by atoms with Crippen LogP contribution < -0.4 is 0 Å². The van der Waals surface area contributed by atoms with Crippen LogP contribution in [0.1, 0.15) is 38.9 Å². The second-order valence-corrected chi connectivity index (χ2v) is 5.32. The number of hydrogen-bond donors (Lipinski definition) is 0. The summed E-state index contributed by atoms with van der Waals surface area (Å²) < 4.78 is 0.903. The predicted octanol–water partition coefficient (Wildman–Crippen LogP) is 4.08. The minimum absolute atomic E-state index is 0.903. The largest absolute Gasteiger partial charge is 0.227 e. The van der Waals surface area contributed by atoms with Crippen molar-refractivity contribution in [2.24, 2.45) is 0 Å². The highest BCUT2D eigenvalue weighted by Crippen LogP contribution is 2.20. The summed E-state index contributed by atoms with van der Waals surface area (Å²) in [4.78, 5) is 8.86. The molecule has 15 heavy (non-hydrogen) atoms. The molecular formula is C11H17BrN2S. The van der Waals surface area contributed by atoms with E-state index in [1.54, 1.807) is 0 Å². The minimum atomic E-state index is 0.903. The second kappa shape index (κ2) is 7.23. The summed E-state index contributed by atoms with van der Waals surface area (Å²) in [6.45, 7) is 4.35. The number of nitrogens with zero attached hydrogens (tertiary/aromatic N) is 2. The van der Waals surface area contributed by atoms with Crippen molar-refractivity contribution in [3.05, 3.63) is 16.5 Å². The van der Waals surface area contributed by atoms with E-state index in [9.17, 15) is 0 Å². The Morgan fingerprint density at radius 3 is 2.73 bits per heavy atom. The molecule has 0 saturated heterocycles. The van der Waals surface area contributed by atoms with Gasteiger partial charge in [0, 0.05) is 12.5 Å². The van der Waals surface area contributed by atoms with E-state index in [1.807, 2.05) is 17.8 Å². The van der Waals surface area contributed by atoms with Gasteiger partial charge in [0.2, 0.25) is 0 Å². The quantitative estimate of drug-likeness (QED) is 0.448. The van der Waals surface area contributed by atoms with Crippen LogP contribution in [0.2, 0.25) is 0 Å². The summed E-state index contributed by atoms with van der Waals surface area (Å²) >= 11 is 5.25. The zero-order chi connectivity index (χ0) is 11.1. The molecular weight excluding hydrogens is 272 g/mol. The number of hydrogen-bond acceptors (Lipinski definition) is 3. The molecule has 1 heterocycles. The van der Waals surface area contributed by atoms with E-state index in [4.69, 9.17) is 0 Å². The molecule has 0 aliphatic rings. The van der Waals surface area contributed by atoms with E-state index in [2.05, 4.69) is 39.7 Å². The highest BCUT2D eigenvalue weighted by Gasteiger charge is 2.02. The van der Waals surface area contributed by atoms with Crippen LogP contribution in [0.4, 0.5) is 0 Å². The van der Waals surface area contributed by atoms with Crippen molar-refractivity contribution in [3.63, 3.8) is 0 Å². The van der Waals surface area contributed by atoms with Crippen molar-refractivity contribution in [2.75, 3.05) is 5.75 Å². The third-order valence-corrected chi connectivity index (χ3v) is 3.34. The monoisotopic (exact) mass is 288 g/mol. The van der Waals surface area contributed by atoms with Crippen LogP contribution in [0.3, 0.4) is 0 Å². The minimum Gasteiger partial charge on any atom is -0.227 e. The summed E-state index contributed by atoms with van der Waals surface area (Å²) in [5.74, 6) is 2.09. The first kappa shape index (κ1) is 13.0. The molecule has 0 atom stereocenters. The maximum Gasteiger partial charge on any atom is 0.130 e. The van der Waals surface area contributed by atoms with Gasteiger partial charge in [0.25, 0.3) is 0 Å². The third-order valence-electron chi connectivity index (χ3n) is 1.94. The van der Waals surface area contributed by atoms with Gasteiger partial charge < -0.3 is 0 Å². The van der Waals surface area contributed by atoms with Gasteiger partial charge in [0.15, 0.2) is 0 Å². The van der Waals surface area contributed by atoms with Crippen LogP contribution in [0, 0.1) is 0 Å². The molecule has 0 unspecified atom stereocenters. The Labute approximate surface area is 104 Å². The molecule has 1 aromatic heterocycles. The average Bonchev–Trinajstić information content (AvgIpc) is 2.18. The van der Waals surface area contributed by atoms with Crippen molar-refractivity contribution < 1.29 is 0 Å². The lowest BCUT2D eigenvalue weighted by Crippen LogP contribution is -1.96. The Morgan fingerprint density at radius 2 is 2.07 bits per heavy atom. The number of unbranched alkanes of at least 4 members (excludes halogenated alkanes) is 1. The van der Waals surface area contributed by atoms with Gasteiger partial charge in [-0.1, -0.05) is 20.3 Å². The van der Waals surface area contributed by atoms with Gasteiger partial charge in [0.05, 0.1) is 0 Å². The molecule has 0 aliphatic heterocycles. The Balaban J connectivity index is 2.62. The van der Waals surface area contributed by atoms with Gasteiger partial charge in [-0.15, -0.1) is 11.8 Å². The third kappa shape index (κ3) is 4.98. The fraction of sp³-hybridized carbons (Fsp3) is 0.636. The van der Waals surface area contributed by atoms with Crippen LogP contribution in [-0.2, 0) is 6.42 Å². The maximum atomic E-state index is 4.52. The molecule has 0 fully saturated rings. The van der Waals surface area contributed by atoms with E-state index in [-0.39, 0.29) is 0 Å². The summed E-state index contributed by atoms with van der Waals surface area (Å²) in [6.07, 6.45) is 4.53. The molecule has 0 radical (unpaired) electrons. The average molecular weight is 289 g/mol. The molecule has 0 bridgehead atoms. The van der Waals surface area contributed by atoms with Gasteiger partial charge in [-0.3, -0.25) is 0 Å². The van der Waals surface area contributed by atoms with E-state index >= 15 is 0 Å². The Morgan fingerprint density at radius 1 is 1.27 bits per heavy atom. The summed E-state index contributed by atoms with van der Waals surface area (Å²) in [5, 5.41) is 1.09. The maximum absolute atomic E-state index is 4.52. The lowest BCUT2D eigenvalue weighted by Gasteiger charge is -2.03. The van der Waals surface area contributed by atoms with Crippen molar-refractivity contribution in [1.82, 2.24) is 9.97 Å². The highest BCUT2D eigenvalue weighted by molar-refractivity contribution is 9.10. The van der Waals surface area contributed by atoms with Crippen LogP contribution >= 0.6 is 27.7 Å². The zero-order valence-electron chi connectivity index (χ0n) is 9.29. The number of aromatic nitrogens is 2. The van der Waals surface area contributed by atoms with Crippen molar-refractivity contribution in [2.45, 2.75) is 44.6 Å². The topological polar surface area (TPSA) is 25.8 Å². The Hall–Kier alpha value is -0.0900. The summed E-state index contributed by atoms with van der Waals surface area (Å²) in [5.41, 5.74) is 0. The molecule has 0 spiro atoms. The van der Waals surface area contributed by atoms with Crippen molar-refractivity contribution >= 4 is 27.7 Å². The molecule has 0 N–H and O–H groups in total. The zero-order valence-corrected chi connectivity index (χ0v) is 11.7. The number of rotatable bonds is 6. The molecule has 0 aromatic carbocycles. The molecule has 84 valence electrons. The smallest absolute Gasteiger partial charge is 0.130 e. The fourth-order valence-electron chi connectivity index (χ4n) is 1.17. The van der Waals surface area contributed by atoms with Crippen LogP contribution in [0.25, 0.3) is 0 Å². The highest BCUT2D eigenvalue weighted by atomic mass is 79.9. The van der Waals surface area contributed by atoms with E-state index in [0.29, 0.717) is 0 Å². The van der Waals surface area contributed by atoms with Crippen molar-refractivity contribution in [1.29, 1.82) is 0 Å². The van der Waals surface area contributed by atoms with E-state index < -0.39 is 0 Å². The molecule has 0 aliphatic carbocycles. The molecule has 0 saturated carbocycles. The lowest BCUT2D eigenvalue weighted by atomic mass is 10.3. The molecule has 0 amide bonds. The number of aryl methyl sites for hydroxylation is 1. The molecule has 1 rings (SSSR count). The Kier molecular flexibility index (Phi) is 6.25. The first-order chi connectivity index (χ1) is 7.26. The standard InChI is InChI=1S/C11H17BrN2S/c1-3-5-7-15-11-8-9(12)13-10(14-11)6-4-2/h8H,3-7H2,1-2H3. The van der Waals surface area contributed by atoms with Gasteiger partial charge in [-0.2, -0.15) is 0 Å². The van der Waals surface area contributed by atoms with Gasteiger partial charge in [0.1, 0.15) is 15.5 Å². The molecule has 2 nitrogen and oxygen atoms in total. The van der Waals surface area contributed by atoms with Gasteiger partial charge in [-0.05, 0) is 34.5 Å². The van der Waals surface area contributed by atoms with Crippen molar-refractivity contribution in [3.8, 4) is 0 Å². The van der Waals surface area contributed by atoms with Gasteiger partial charge in [-0.25, -0.2) is 9.97 Å². The molecule has 1 aromatic rings. The van der Waals surface area contributed by atoms with E-state index in [0.717, 1.165) is 34.0 Å². The van der Waals surface area contributed by atoms with Gasteiger partial charge >= 0.3 is 0 Å². The summed E-state index contributed by atoms with van der Waals surface area (Å²) in [7, 11) is 0. The lowest BCUT2D eigenvalue weighted by molar-refractivity contribution is 0.802. The molecule has 4 heteroatoms. The second-order valence-electron chi connectivity index (χ2n) is 3.40. The van der Waals surface area contributed by atoms with E-state index in [1.165, 1.54) is 12.8 Å². The summed E-state index contributed by atoms with van der Waals surface area (Å²) in [6, 6.07) is 2.00. The number of halogens is 1. The first-order valence-corrected chi connectivity index (χ1v) is 7.20. The number of thioether (sulfide) groups is 1. The first-order valence-electron chi connectivity index (χ1n) is 5.42. The Bertz CT molecular complexity index is 305. The predicted molar refractivity (Wildman–Crippen MR) is 69.4 cm³/mol. The van der Waals surface area contributed by atoms with Crippen LogP contribution in [0.5, 0.6) is 0 Å². The fourth-order valence-corrected chi connectivity index (χ4v) is 2.75. The van der Waals surface area contributed by atoms with Crippen LogP contribution in [0.15, 0.2) is 15.7 Å². The van der Waals surface area contributed by atoms with Crippen LogP contribution in [-0.4, -0.2) is 15.7 Å². The SMILES string of the molecule is CCCCSc1cc(Br)nc(CCC)n1.